The molecule has 4 rings (SSSR count). The first kappa shape index (κ1) is 25.7. The van der Waals surface area contributed by atoms with E-state index < -0.39 is 10.0 Å². The average Bonchev–Trinajstić information content (AvgIpc) is 2.85. The number of fused-ring (bicyclic) bond motifs is 1. The highest BCUT2D eigenvalue weighted by atomic mass is 35.5. The van der Waals surface area contributed by atoms with Crippen molar-refractivity contribution in [1.29, 1.82) is 0 Å². The summed E-state index contributed by atoms with van der Waals surface area (Å²) >= 11 is 12.7. The molecule has 1 aliphatic carbocycles. The Morgan fingerprint density at radius 1 is 1.14 bits per heavy atom. The van der Waals surface area contributed by atoms with Crippen LogP contribution in [0.1, 0.15) is 31.2 Å². The van der Waals surface area contributed by atoms with Crippen LogP contribution in [0.3, 0.4) is 0 Å². The summed E-state index contributed by atoms with van der Waals surface area (Å²) in [5.41, 5.74) is 0.837. The highest BCUT2D eigenvalue weighted by Gasteiger charge is 2.24. The van der Waals surface area contributed by atoms with Gasteiger partial charge in [-0.15, -0.1) is 4.40 Å². The Kier molecular flexibility index (Phi) is 8.16. The van der Waals surface area contributed by atoms with Crippen LogP contribution in [0, 0.1) is 0 Å². The van der Waals surface area contributed by atoms with Crippen LogP contribution in [0.25, 0.3) is 10.8 Å². The number of pyridine rings is 1. The summed E-state index contributed by atoms with van der Waals surface area (Å²) in [6, 6.07) is 11.1. The maximum Gasteiger partial charge on any atom is 0.285 e. The van der Waals surface area contributed by atoms with E-state index in [1.165, 1.54) is 6.34 Å². The molecule has 0 radical (unpaired) electrons. The van der Waals surface area contributed by atoms with Gasteiger partial charge in [-0.3, -0.25) is 4.98 Å². The maximum absolute atomic E-state index is 12.5. The summed E-state index contributed by atoms with van der Waals surface area (Å²) in [6.07, 6.45) is 8.58. The van der Waals surface area contributed by atoms with Crippen LogP contribution in [0.2, 0.25) is 10.0 Å². The Labute approximate surface area is 216 Å². The normalized spacial score (nSPS) is 18.7. The quantitative estimate of drug-likeness (QED) is 0.311. The summed E-state index contributed by atoms with van der Waals surface area (Å²) in [5.74, 6) is 0.702. The molecule has 1 aliphatic rings. The summed E-state index contributed by atoms with van der Waals surface area (Å²) in [4.78, 5) is 5.70. The van der Waals surface area contributed by atoms with Crippen molar-refractivity contribution >= 4 is 50.3 Å². The number of sulfonamides is 1. The first-order valence-electron chi connectivity index (χ1n) is 11.4. The fourth-order valence-electron chi connectivity index (χ4n) is 4.10. The van der Waals surface area contributed by atoms with E-state index in [-0.39, 0.29) is 16.0 Å². The summed E-state index contributed by atoms with van der Waals surface area (Å²) < 4.78 is 35.0. The van der Waals surface area contributed by atoms with Crippen LogP contribution in [-0.2, 0) is 16.6 Å². The van der Waals surface area contributed by atoms with Gasteiger partial charge in [0.1, 0.15) is 17.0 Å². The van der Waals surface area contributed by atoms with Crippen molar-refractivity contribution in [3.8, 4) is 5.75 Å². The molecule has 0 atom stereocenters. The van der Waals surface area contributed by atoms with Crippen LogP contribution < -0.4 is 10.1 Å². The van der Waals surface area contributed by atoms with E-state index in [1.807, 2.05) is 24.3 Å². The van der Waals surface area contributed by atoms with Gasteiger partial charge >= 0.3 is 0 Å². The minimum Gasteiger partial charge on any atom is -0.489 e. The fourth-order valence-corrected chi connectivity index (χ4v) is 5.83. The lowest BCUT2D eigenvalue weighted by Gasteiger charge is -2.30. The molecular weight excluding hydrogens is 507 g/mol. The van der Waals surface area contributed by atoms with Crippen molar-refractivity contribution in [2.24, 2.45) is 4.40 Å². The molecule has 1 N–H and O–H groups in total. The lowest BCUT2D eigenvalue weighted by molar-refractivity contribution is 0.139. The summed E-state index contributed by atoms with van der Waals surface area (Å²) in [5, 5.41) is 6.23. The third-order valence-electron chi connectivity index (χ3n) is 5.97. The smallest absolute Gasteiger partial charge is 0.285 e. The number of hydrogen-bond donors (Lipinski definition) is 1. The SMILES string of the molecule is CN(C)/C=N/S(=O)(=O)c1cc(CNC2CCC(Oc3ccc4cnccc4c3Cl)CC2)ccc1Cl. The van der Waals surface area contributed by atoms with Gasteiger partial charge in [0, 0.05) is 49.8 Å². The highest BCUT2D eigenvalue weighted by molar-refractivity contribution is 7.90. The van der Waals surface area contributed by atoms with Gasteiger partial charge in [0.25, 0.3) is 10.0 Å². The van der Waals surface area contributed by atoms with Crippen LogP contribution in [0.15, 0.2) is 58.1 Å². The molecule has 3 aromatic rings. The Morgan fingerprint density at radius 3 is 2.66 bits per heavy atom. The average molecular weight is 535 g/mol. The van der Waals surface area contributed by atoms with E-state index in [0.29, 0.717) is 23.4 Å². The molecule has 0 unspecified atom stereocenters. The Balaban J connectivity index is 1.33. The van der Waals surface area contributed by atoms with Gasteiger partial charge in [-0.05, 0) is 61.6 Å². The molecular formula is C25H28Cl2N4O3S. The number of nitrogens with zero attached hydrogens (tertiary/aromatic N) is 3. The molecule has 1 heterocycles. The second-order valence-corrected chi connectivity index (χ2v) is 11.3. The van der Waals surface area contributed by atoms with Crippen molar-refractivity contribution in [3.05, 3.63) is 64.4 Å². The zero-order valence-electron chi connectivity index (χ0n) is 19.6. The van der Waals surface area contributed by atoms with Crippen LogP contribution in [-0.4, -0.2) is 50.9 Å². The van der Waals surface area contributed by atoms with Crippen LogP contribution in [0.4, 0.5) is 0 Å². The molecule has 2 aromatic carbocycles. The molecule has 7 nitrogen and oxygen atoms in total. The van der Waals surface area contributed by atoms with Gasteiger partial charge in [-0.25, -0.2) is 0 Å². The zero-order valence-corrected chi connectivity index (χ0v) is 21.9. The van der Waals surface area contributed by atoms with E-state index in [9.17, 15) is 8.42 Å². The molecule has 35 heavy (non-hydrogen) atoms. The Hall–Kier alpha value is -2.39. The van der Waals surface area contributed by atoms with E-state index in [0.717, 1.165) is 42.0 Å². The van der Waals surface area contributed by atoms with Gasteiger partial charge in [0.15, 0.2) is 0 Å². The first-order chi connectivity index (χ1) is 16.7. The maximum atomic E-state index is 12.5. The lowest BCUT2D eigenvalue weighted by Crippen LogP contribution is -2.36. The number of aromatic nitrogens is 1. The number of halogens is 2. The number of rotatable bonds is 8. The van der Waals surface area contributed by atoms with E-state index >= 15 is 0 Å². The van der Waals surface area contributed by atoms with Crippen molar-refractivity contribution in [2.75, 3.05) is 14.1 Å². The van der Waals surface area contributed by atoms with Gasteiger partial charge in [0.2, 0.25) is 0 Å². The monoisotopic (exact) mass is 534 g/mol. The third kappa shape index (κ3) is 6.44. The highest BCUT2D eigenvalue weighted by Crippen LogP contribution is 2.35. The number of nitrogens with one attached hydrogen (secondary N) is 1. The molecule has 1 aromatic heterocycles. The van der Waals surface area contributed by atoms with E-state index in [1.54, 1.807) is 43.5 Å². The fraction of sp³-hybridized carbons (Fsp3) is 0.360. The predicted octanol–water partition coefficient (Wildman–Crippen LogP) is 5.30. The Morgan fingerprint density at radius 2 is 1.91 bits per heavy atom. The van der Waals surface area contributed by atoms with Crippen molar-refractivity contribution in [2.45, 2.75) is 49.3 Å². The van der Waals surface area contributed by atoms with Gasteiger partial charge in [0.05, 0.1) is 16.1 Å². The molecule has 1 saturated carbocycles. The van der Waals surface area contributed by atoms with Crippen molar-refractivity contribution in [3.63, 3.8) is 0 Å². The largest absolute Gasteiger partial charge is 0.489 e. The second kappa shape index (κ2) is 11.1. The van der Waals surface area contributed by atoms with Gasteiger partial charge in [-0.1, -0.05) is 29.3 Å². The van der Waals surface area contributed by atoms with Gasteiger partial charge in [-0.2, -0.15) is 8.42 Å². The van der Waals surface area contributed by atoms with Crippen molar-refractivity contribution < 1.29 is 13.2 Å². The molecule has 0 bridgehead atoms. The first-order valence-corrected chi connectivity index (χ1v) is 13.6. The van der Waals surface area contributed by atoms with E-state index in [4.69, 9.17) is 27.9 Å². The molecule has 1 fully saturated rings. The topological polar surface area (TPSA) is 83.9 Å². The third-order valence-corrected chi connectivity index (χ3v) is 8.07. The Bertz CT molecular complexity index is 1320. The van der Waals surface area contributed by atoms with Crippen LogP contribution in [0.5, 0.6) is 5.75 Å². The molecule has 0 aliphatic heterocycles. The van der Waals surface area contributed by atoms with E-state index in [2.05, 4.69) is 14.7 Å². The number of ether oxygens (including phenoxy) is 1. The standard InChI is InChI=1S/C25H28Cl2N4O3S/c1-31(2)16-30-35(32,33)24-13-17(3-9-22(24)26)14-29-19-5-7-20(8-6-19)34-23-10-4-18-15-28-12-11-21(18)25(23)27/h3-4,9-13,15-16,19-20,29H,5-8,14H2,1-2H3/b30-16+. The zero-order chi connectivity index (χ0) is 25.0. The van der Waals surface area contributed by atoms with Gasteiger partial charge < -0.3 is 15.0 Å². The molecule has 0 amide bonds. The molecule has 0 spiro atoms. The molecule has 10 heteroatoms. The molecule has 0 saturated heterocycles. The lowest BCUT2D eigenvalue weighted by atomic mass is 9.92. The summed E-state index contributed by atoms with van der Waals surface area (Å²) in [6.45, 7) is 0.539. The van der Waals surface area contributed by atoms with Crippen LogP contribution >= 0.6 is 23.2 Å². The minimum atomic E-state index is -3.87. The second-order valence-electron chi connectivity index (χ2n) is 8.87. The number of benzene rings is 2. The number of hydrogen-bond acceptors (Lipinski definition) is 5. The predicted molar refractivity (Wildman–Crippen MR) is 141 cm³/mol. The minimum absolute atomic E-state index is 0.0109. The molecule has 186 valence electrons. The van der Waals surface area contributed by atoms with Crippen molar-refractivity contribution in [1.82, 2.24) is 15.2 Å². The summed E-state index contributed by atoms with van der Waals surface area (Å²) in [7, 11) is -0.462.